The van der Waals surface area contributed by atoms with Crippen LogP contribution in [0.2, 0.25) is 0 Å². The van der Waals surface area contributed by atoms with Gasteiger partial charge in [-0.15, -0.1) is 0 Å². The molecule has 6 heteroatoms. The number of unbranched alkanes of at least 4 members (excludes halogenated alkanes) is 2. The zero-order chi connectivity index (χ0) is 28.4. The molecule has 3 atom stereocenters. The van der Waals surface area contributed by atoms with Crippen LogP contribution in [0.4, 0.5) is 0 Å². The number of nitrogens with zero attached hydrogens (tertiary/aromatic N) is 1. The number of hydrogen-bond donors (Lipinski definition) is 1. The van der Waals surface area contributed by atoms with E-state index >= 15 is 0 Å². The number of hydrogen-bond acceptors (Lipinski definition) is 6. The van der Waals surface area contributed by atoms with Crippen LogP contribution >= 0.6 is 0 Å². The average molecular weight is 548 g/mol. The number of methoxy groups -OCH3 is 2. The van der Waals surface area contributed by atoms with E-state index in [4.69, 9.17) is 18.9 Å². The van der Waals surface area contributed by atoms with Gasteiger partial charge in [0, 0.05) is 32.2 Å². The number of ether oxygens (including phenoxy) is 4. The average Bonchev–Trinajstić information content (AvgIpc) is 3.01. The molecule has 3 aromatic carbocycles. The third-order valence-corrected chi connectivity index (χ3v) is 7.75. The molecule has 0 saturated heterocycles. The van der Waals surface area contributed by atoms with Gasteiger partial charge in [0.15, 0.2) is 0 Å². The fourth-order valence-electron chi connectivity index (χ4n) is 5.65. The summed E-state index contributed by atoms with van der Waals surface area (Å²) < 4.78 is 24.4. The van der Waals surface area contributed by atoms with Gasteiger partial charge in [-0.25, -0.2) is 0 Å². The number of rotatable bonds is 15. The predicted molar refractivity (Wildman–Crippen MR) is 159 cm³/mol. The molecule has 0 spiro atoms. The van der Waals surface area contributed by atoms with E-state index in [0.717, 1.165) is 67.0 Å². The summed E-state index contributed by atoms with van der Waals surface area (Å²) in [5.41, 5.74) is 3.23. The molecule has 0 saturated carbocycles. The Balaban J connectivity index is 1.55. The normalized spacial score (nSPS) is 18.6. The highest BCUT2D eigenvalue weighted by atomic mass is 16.9. The van der Waals surface area contributed by atoms with E-state index in [1.807, 2.05) is 48.5 Å². The molecule has 6 nitrogen and oxygen atoms in total. The highest BCUT2D eigenvalue weighted by molar-refractivity contribution is 5.49. The molecule has 1 N–H and O–H groups in total. The van der Waals surface area contributed by atoms with E-state index in [0.29, 0.717) is 6.54 Å². The van der Waals surface area contributed by atoms with Gasteiger partial charge in [-0.2, -0.15) is 0 Å². The van der Waals surface area contributed by atoms with Crippen molar-refractivity contribution in [1.29, 1.82) is 0 Å². The molecule has 3 aromatic rings. The molecule has 0 aromatic heterocycles. The van der Waals surface area contributed by atoms with Gasteiger partial charge in [0.2, 0.25) is 0 Å². The van der Waals surface area contributed by atoms with E-state index in [1.165, 1.54) is 0 Å². The standard InChI is InChI=1S/C34H45NO5/c1-5-7-22-35(23-8-6-2)24-28(36)25-39-29-20-18-26(19-21-29)32-30-16-12-13-17-31(30)40-34(37-3,38-4)33(32)27-14-10-9-11-15-27/h9-21,28,32-33,36H,5-8,22-25H2,1-4H3/t28-,32-,33+/m1/s1. The van der Waals surface area contributed by atoms with Crippen molar-refractivity contribution < 1.29 is 24.1 Å². The molecule has 4 rings (SSSR count). The summed E-state index contributed by atoms with van der Waals surface area (Å²) >= 11 is 0. The van der Waals surface area contributed by atoms with Crippen LogP contribution in [0.1, 0.15) is 68.1 Å². The molecule has 0 aliphatic carbocycles. The second kappa shape index (κ2) is 14.6. The van der Waals surface area contributed by atoms with Crippen LogP contribution in [0.5, 0.6) is 11.5 Å². The van der Waals surface area contributed by atoms with Crippen molar-refractivity contribution in [3.05, 3.63) is 95.6 Å². The number of benzene rings is 3. The van der Waals surface area contributed by atoms with Gasteiger partial charge in [0.25, 0.3) is 0 Å². The number of fused-ring (bicyclic) bond motifs is 1. The summed E-state index contributed by atoms with van der Waals surface area (Å²) in [6.45, 7) is 7.33. The quantitative estimate of drug-likeness (QED) is 0.217. The van der Waals surface area contributed by atoms with Gasteiger partial charge in [-0.3, -0.25) is 0 Å². The van der Waals surface area contributed by atoms with Gasteiger partial charge in [-0.05, 0) is 55.3 Å². The Labute approximate surface area is 239 Å². The first-order valence-electron chi connectivity index (χ1n) is 14.6. The Morgan fingerprint density at radius 1 is 0.825 bits per heavy atom. The van der Waals surface area contributed by atoms with Gasteiger partial charge >= 0.3 is 5.97 Å². The molecule has 1 heterocycles. The molecule has 0 amide bonds. The maximum Gasteiger partial charge on any atom is 0.334 e. The lowest BCUT2D eigenvalue weighted by atomic mass is 9.73. The lowest BCUT2D eigenvalue weighted by molar-refractivity contribution is -0.341. The number of aliphatic hydroxyl groups is 1. The lowest BCUT2D eigenvalue weighted by Crippen LogP contribution is -2.51. The van der Waals surface area contributed by atoms with Crippen molar-refractivity contribution in [1.82, 2.24) is 4.90 Å². The SMILES string of the molecule is CCCCN(CCCC)C[C@@H](O)COc1ccc([C@@H]2c3ccccc3OC(OC)(OC)[C@H]2c2ccccc2)cc1. The maximum atomic E-state index is 10.7. The van der Waals surface area contributed by atoms with Crippen molar-refractivity contribution in [3.63, 3.8) is 0 Å². The van der Waals surface area contributed by atoms with Crippen LogP contribution in [0.25, 0.3) is 0 Å². The fourth-order valence-corrected chi connectivity index (χ4v) is 5.65. The van der Waals surface area contributed by atoms with Crippen LogP contribution < -0.4 is 9.47 Å². The van der Waals surface area contributed by atoms with E-state index in [-0.39, 0.29) is 18.4 Å². The highest BCUT2D eigenvalue weighted by Gasteiger charge is 2.52. The summed E-state index contributed by atoms with van der Waals surface area (Å²) in [7, 11) is 3.25. The Morgan fingerprint density at radius 3 is 2.08 bits per heavy atom. The van der Waals surface area contributed by atoms with Crippen molar-refractivity contribution in [2.75, 3.05) is 40.5 Å². The predicted octanol–water partition coefficient (Wildman–Crippen LogP) is 6.58. The first-order valence-corrected chi connectivity index (χ1v) is 14.6. The Morgan fingerprint density at radius 2 is 1.45 bits per heavy atom. The summed E-state index contributed by atoms with van der Waals surface area (Å²) in [6.07, 6.45) is 4.05. The van der Waals surface area contributed by atoms with Crippen LogP contribution in [0.15, 0.2) is 78.9 Å². The largest absolute Gasteiger partial charge is 0.491 e. The Hall–Kier alpha value is -2.90. The van der Waals surface area contributed by atoms with E-state index < -0.39 is 12.1 Å². The van der Waals surface area contributed by atoms with Crippen LogP contribution in [0.3, 0.4) is 0 Å². The van der Waals surface area contributed by atoms with Crippen LogP contribution in [0, 0.1) is 0 Å². The maximum absolute atomic E-state index is 10.7. The molecule has 0 bridgehead atoms. The lowest BCUT2D eigenvalue weighted by Gasteiger charge is -2.46. The number of aliphatic hydroxyl groups excluding tert-OH is 1. The minimum absolute atomic E-state index is 0.0856. The zero-order valence-electron chi connectivity index (χ0n) is 24.4. The summed E-state index contributed by atoms with van der Waals surface area (Å²) in [5, 5.41) is 10.7. The molecule has 0 radical (unpaired) electrons. The third kappa shape index (κ3) is 7.05. The van der Waals surface area contributed by atoms with Crippen LogP contribution in [-0.2, 0) is 9.47 Å². The molecular formula is C34H45NO5. The second-order valence-electron chi connectivity index (χ2n) is 10.6. The van der Waals surface area contributed by atoms with Crippen molar-refractivity contribution in [3.8, 4) is 11.5 Å². The molecule has 1 aliphatic heterocycles. The van der Waals surface area contributed by atoms with E-state index in [2.05, 4.69) is 49.1 Å². The minimum Gasteiger partial charge on any atom is -0.491 e. The molecule has 216 valence electrons. The Bertz CT molecular complexity index is 1140. The molecule has 0 fully saturated rings. The smallest absolute Gasteiger partial charge is 0.334 e. The topological polar surface area (TPSA) is 60.4 Å². The first kappa shape index (κ1) is 30.1. The van der Waals surface area contributed by atoms with E-state index in [1.54, 1.807) is 14.2 Å². The first-order chi connectivity index (χ1) is 19.5. The summed E-state index contributed by atoms with van der Waals surface area (Å²) in [4.78, 5) is 2.36. The van der Waals surface area contributed by atoms with Gasteiger partial charge in [0.1, 0.15) is 24.2 Å². The molecular weight excluding hydrogens is 502 g/mol. The molecule has 40 heavy (non-hydrogen) atoms. The van der Waals surface area contributed by atoms with E-state index in [9.17, 15) is 5.11 Å². The molecule has 1 aliphatic rings. The minimum atomic E-state index is -1.29. The monoisotopic (exact) mass is 547 g/mol. The zero-order valence-corrected chi connectivity index (χ0v) is 24.4. The second-order valence-corrected chi connectivity index (χ2v) is 10.6. The molecule has 0 unspecified atom stereocenters. The van der Waals surface area contributed by atoms with Gasteiger partial charge in [-0.1, -0.05) is 87.4 Å². The van der Waals surface area contributed by atoms with Gasteiger partial charge < -0.3 is 29.0 Å². The fraction of sp³-hybridized carbons (Fsp3) is 0.471. The summed E-state index contributed by atoms with van der Waals surface area (Å²) in [5.74, 6) is -0.163. The highest BCUT2D eigenvalue weighted by Crippen LogP contribution is 2.53. The van der Waals surface area contributed by atoms with Crippen molar-refractivity contribution in [2.24, 2.45) is 0 Å². The van der Waals surface area contributed by atoms with Crippen LogP contribution in [-0.4, -0.2) is 62.5 Å². The van der Waals surface area contributed by atoms with Crippen molar-refractivity contribution in [2.45, 2.75) is 63.4 Å². The Kier molecular flexibility index (Phi) is 11.0. The number of para-hydroxylation sites is 1. The van der Waals surface area contributed by atoms with Crippen molar-refractivity contribution >= 4 is 0 Å². The third-order valence-electron chi connectivity index (χ3n) is 7.75. The summed E-state index contributed by atoms with van der Waals surface area (Å²) in [6, 6.07) is 26.4. The van der Waals surface area contributed by atoms with Gasteiger partial charge in [0.05, 0.1) is 5.92 Å².